The fourth-order valence-electron chi connectivity index (χ4n) is 2.43. The van der Waals surface area contributed by atoms with Crippen molar-refractivity contribution in [3.8, 4) is 0 Å². The SMILES string of the molecule is CCc1cc(Cn2nc(C)c(S(=O)(=O)Cl)c2C)n(CC)n1. The first-order valence-electron chi connectivity index (χ1n) is 6.82. The molecule has 0 aliphatic heterocycles. The van der Waals surface area contributed by atoms with Crippen LogP contribution in [0.1, 0.15) is 36.6 Å². The van der Waals surface area contributed by atoms with Crippen LogP contribution in [0.3, 0.4) is 0 Å². The Morgan fingerprint density at radius 3 is 2.33 bits per heavy atom. The molecule has 116 valence electrons. The van der Waals surface area contributed by atoms with E-state index in [9.17, 15) is 8.42 Å². The topological polar surface area (TPSA) is 69.8 Å². The zero-order valence-corrected chi connectivity index (χ0v) is 14.2. The summed E-state index contributed by atoms with van der Waals surface area (Å²) in [6, 6.07) is 2.02. The van der Waals surface area contributed by atoms with Crippen LogP contribution >= 0.6 is 10.7 Å². The standard InChI is InChI=1S/C13H19ClN4O2S/c1-5-11-7-12(17(6-2)16-11)8-18-10(4)13(9(3)15-18)21(14,19)20/h7H,5-6,8H2,1-4H3. The molecule has 2 heterocycles. The van der Waals surface area contributed by atoms with E-state index in [1.165, 1.54) is 0 Å². The summed E-state index contributed by atoms with van der Waals surface area (Å²) in [6.07, 6.45) is 0.860. The third-order valence-corrected chi connectivity index (χ3v) is 4.99. The van der Waals surface area contributed by atoms with Crippen LogP contribution in [-0.2, 0) is 28.6 Å². The lowest BCUT2D eigenvalue weighted by molar-refractivity contribution is 0.564. The van der Waals surface area contributed by atoms with E-state index in [2.05, 4.69) is 10.2 Å². The van der Waals surface area contributed by atoms with Gasteiger partial charge in [0.15, 0.2) is 0 Å². The molecule has 0 saturated carbocycles. The molecule has 2 aromatic heterocycles. The molecule has 21 heavy (non-hydrogen) atoms. The molecule has 8 heteroatoms. The molecular weight excluding hydrogens is 312 g/mol. The summed E-state index contributed by atoms with van der Waals surface area (Å²) < 4.78 is 26.8. The van der Waals surface area contributed by atoms with Gasteiger partial charge in [0.1, 0.15) is 4.90 Å². The Morgan fingerprint density at radius 1 is 1.19 bits per heavy atom. The third kappa shape index (κ3) is 3.13. The van der Waals surface area contributed by atoms with Crippen molar-refractivity contribution in [3.05, 3.63) is 28.8 Å². The second-order valence-corrected chi connectivity index (χ2v) is 7.39. The molecular formula is C13H19ClN4O2S. The van der Waals surface area contributed by atoms with E-state index in [-0.39, 0.29) is 4.90 Å². The van der Waals surface area contributed by atoms with Gasteiger partial charge < -0.3 is 0 Å². The second kappa shape index (κ2) is 5.81. The Kier molecular flexibility index (Phi) is 4.43. The quantitative estimate of drug-likeness (QED) is 0.788. The van der Waals surface area contributed by atoms with Gasteiger partial charge in [-0.15, -0.1) is 0 Å². The maximum Gasteiger partial charge on any atom is 0.264 e. The van der Waals surface area contributed by atoms with Crippen molar-refractivity contribution >= 4 is 19.7 Å². The number of halogens is 1. The summed E-state index contributed by atoms with van der Waals surface area (Å²) in [5, 5.41) is 8.78. The molecule has 0 radical (unpaired) electrons. The monoisotopic (exact) mass is 330 g/mol. The second-order valence-electron chi connectivity index (χ2n) is 4.89. The lowest BCUT2D eigenvalue weighted by atomic mass is 10.3. The molecule has 0 aromatic carbocycles. The van der Waals surface area contributed by atoms with Gasteiger partial charge in [0.25, 0.3) is 9.05 Å². The molecule has 0 bridgehead atoms. The van der Waals surface area contributed by atoms with E-state index in [1.807, 2.05) is 24.6 Å². The maximum atomic E-state index is 11.6. The highest BCUT2D eigenvalue weighted by atomic mass is 35.7. The summed E-state index contributed by atoms with van der Waals surface area (Å²) >= 11 is 0. The maximum absolute atomic E-state index is 11.6. The van der Waals surface area contributed by atoms with Gasteiger partial charge in [-0.3, -0.25) is 9.36 Å². The van der Waals surface area contributed by atoms with Crippen LogP contribution < -0.4 is 0 Å². The molecule has 2 aromatic rings. The number of aromatic nitrogens is 4. The van der Waals surface area contributed by atoms with E-state index in [0.717, 1.165) is 24.4 Å². The molecule has 0 saturated heterocycles. The van der Waals surface area contributed by atoms with Gasteiger partial charge >= 0.3 is 0 Å². The van der Waals surface area contributed by atoms with Crippen molar-refractivity contribution in [3.63, 3.8) is 0 Å². The van der Waals surface area contributed by atoms with Crippen molar-refractivity contribution in [1.82, 2.24) is 19.6 Å². The third-order valence-electron chi connectivity index (χ3n) is 3.45. The molecule has 0 unspecified atom stereocenters. The smallest absolute Gasteiger partial charge is 0.264 e. The summed E-state index contributed by atoms with van der Waals surface area (Å²) in [5.74, 6) is 0. The van der Waals surface area contributed by atoms with E-state index in [1.54, 1.807) is 18.5 Å². The Morgan fingerprint density at radius 2 is 1.86 bits per heavy atom. The number of aryl methyl sites for hydroxylation is 3. The van der Waals surface area contributed by atoms with E-state index in [0.29, 0.717) is 17.9 Å². The average Bonchev–Trinajstić information content (AvgIpc) is 2.90. The highest BCUT2D eigenvalue weighted by Gasteiger charge is 2.23. The van der Waals surface area contributed by atoms with Gasteiger partial charge in [0, 0.05) is 17.2 Å². The molecule has 0 fully saturated rings. The summed E-state index contributed by atoms with van der Waals surface area (Å²) in [5.41, 5.74) is 2.97. The predicted molar refractivity (Wildman–Crippen MR) is 81.1 cm³/mol. The number of nitrogens with zero attached hydrogens (tertiary/aromatic N) is 4. The average molecular weight is 331 g/mol. The van der Waals surface area contributed by atoms with Crippen molar-refractivity contribution in [2.75, 3.05) is 0 Å². The van der Waals surface area contributed by atoms with Gasteiger partial charge in [-0.25, -0.2) is 8.42 Å². The first kappa shape index (κ1) is 16.0. The molecule has 6 nitrogen and oxygen atoms in total. The Labute approximate surface area is 129 Å². The highest BCUT2D eigenvalue weighted by Crippen LogP contribution is 2.23. The van der Waals surface area contributed by atoms with Crippen molar-refractivity contribution < 1.29 is 8.42 Å². The number of rotatable bonds is 5. The fraction of sp³-hybridized carbons (Fsp3) is 0.538. The summed E-state index contributed by atoms with van der Waals surface area (Å²) in [6.45, 7) is 8.66. The summed E-state index contributed by atoms with van der Waals surface area (Å²) in [4.78, 5) is 0.0995. The van der Waals surface area contributed by atoms with E-state index >= 15 is 0 Å². The molecule has 2 rings (SSSR count). The molecule has 0 N–H and O–H groups in total. The van der Waals surface area contributed by atoms with Crippen LogP contribution in [0.25, 0.3) is 0 Å². The van der Waals surface area contributed by atoms with Gasteiger partial charge in [-0.1, -0.05) is 6.92 Å². The van der Waals surface area contributed by atoms with Gasteiger partial charge in [0.05, 0.1) is 29.3 Å². The van der Waals surface area contributed by atoms with Crippen LogP contribution in [-0.4, -0.2) is 28.0 Å². The Balaban J connectivity index is 2.44. The fourth-order valence-corrected chi connectivity index (χ4v) is 3.95. The molecule has 0 aliphatic carbocycles. The zero-order valence-electron chi connectivity index (χ0n) is 12.6. The Bertz CT molecular complexity index is 761. The largest absolute Gasteiger partial charge is 0.268 e. The van der Waals surface area contributed by atoms with Gasteiger partial charge in [-0.2, -0.15) is 10.2 Å². The molecule has 0 spiro atoms. The van der Waals surface area contributed by atoms with Crippen LogP contribution in [0.2, 0.25) is 0 Å². The van der Waals surface area contributed by atoms with Crippen molar-refractivity contribution in [2.24, 2.45) is 0 Å². The van der Waals surface area contributed by atoms with Crippen LogP contribution in [0, 0.1) is 13.8 Å². The normalized spacial score (nSPS) is 12.0. The predicted octanol–water partition coefficient (Wildman–Crippen LogP) is 2.25. The molecule has 0 atom stereocenters. The lowest BCUT2D eigenvalue weighted by Gasteiger charge is -2.06. The van der Waals surface area contributed by atoms with Crippen LogP contribution in [0.15, 0.2) is 11.0 Å². The minimum atomic E-state index is -3.78. The molecule has 0 aliphatic rings. The highest BCUT2D eigenvalue weighted by molar-refractivity contribution is 8.13. The minimum absolute atomic E-state index is 0.0995. The van der Waals surface area contributed by atoms with Crippen molar-refractivity contribution in [1.29, 1.82) is 0 Å². The van der Waals surface area contributed by atoms with Crippen LogP contribution in [0.5, 0.6) is 0 Å². The van der Waals surface area contributed by atoms with Crippen molar-refractivity contribution in [2.45, 2.75) is 52.1 Å². The molecule has 0 amide bonds. The lowest BCUT2D eigenvalue weighted by Crippen LogP contribution is -2.10. The zero-order chi connectivity index (χ0) is 15.8. The van der Waals surface area contributed by atoms with Gasteiger partial charge in [0.2, 0.25) is 0 Å². The van der Waals surface area contributed by atoms with Gasteiger partial charge in [-0.05, 0) is 33.3 Å². The van der Waals surface area contributed by atoms with E-state index in [4.69, 9.17) is 10.7 Å². The number of hydrogen-bond donors (Lipinski definition) is 0. The van der Waals surface area contributed by atoms with Crippen LogP contribution in [0.4, 0.5) is 0 Å². The Hall–Kier alpha value is -1.34. The van der Waals surface area contributed by atoms with E-state index < -0.39 is 9.05 Å². The summed E-state index contributed by atoms with van der Waals surface area (Å²) in [7, 11) is 1.69. The number of hydrogen-bond acceptors (Lipinski definition) is 4. The first-order chi connectivity index (χ1) is 9.77. The first-order valence-corrected chi connectivity index (χ1v) is 9.13. The minimum Gasteiger partial charge on any atom is -0.268 e.